The van der Waals surface area contributed by atoms with E-state index in [0.717, 1.165) is 50.4 Å². The van der Waals surface area contributed by atoms with E-state index in [1.807, 2.05) is 25.2 Å². The van der Waals surface area contributed by atoms with Crippen LogP contribution in [-0.4, -0.2) is 57.9 Å². The summed E-state index contributed by atoms with van der Waals surface area (Å²) < 4.78 is 11.3. The molecule has 0 amide bonds. The van der Waals surface area contributed by atoms with Crippen LogP contribution in [0.1, 0.15) is 31.2 Å². The second-order valence-electron chi connectivity index (χ2n) is 6.71. The second-order valence-corrected chi connectivity index (χ2v) is 6.71. The van der Waals surface area contributed by atoms with Gasteiger partial charge in [0.05, 0.1) is 6.61 Å². The van der Waals surface area contributed by atoms with E-state index in [2.05, 4.69) is 35.2 Å². The molecule has 1 aromatic carbocycles. The molecule has 0 saturated carbocycles. The molecule has 6 heteroatoms. The Morgan fingerprint density at radius 2 is 2.04 bits per heavy atom. The molecule has 2 rings (SSSR count). The number of para-hydroxylation sites is 1. The van der Waals surface area contributed by atoms with E-state index in [0.29, 0.717) is 6.61 Å². The topological polar surface area (TPSA) is 46.1 Å². The van der Waals surface area contributed by atoms with Gasteiger partial charge in [-0.25, -0.2) is 0 Å². The van der Waals surface area contributed by atoms with Crippen LogP contribution in [0.2, 0.25) is 0 Å². The van der Waals surface area contributed by atoms with Crippen molar-refractivity contribution in [3.63, 3.8) is 0 Å². The molecule has 0 bridgehead atoms. The van der Waals surface area contributed by atoms with E-state index in [9.17, 15) is 0 Å². The van der Waals surface area contributed by atoms with Gasteiger partial charge in [-0.1, -0.05) is 18.2 Å². The number of halogens is 1. The van der Waals surface area contributed by atoms with Crippen LogP contribution in [0.4, 0.5) is 0 Å². The number of hydrogen-bond acceptors (Lipinski definition) is 3. The molecule has 1 aliphatic rings. The highest BCUT2D eigenvalue weighted by Crippen LogP contribution is 2.18. The van der Waals surface area contributed by atoms with Gasteiger partial charge in [-0.3, -0.25) is 4.99 Å². The lowest BCUT2D eigenvalue weighted by Crippen LogP contribution is -2.40. The zero-order valence-electron chi connectivity index (χ0n) is 16.4. The summed E-state index contributed by atoms with van der Waals surface area (Å²) in [5, 5.41) is 3.43. The first kappa shape index (κ1) is 23.0. The molecule has 5 nitrogen and oxygen atoms in total. The first-order valence-electron chi connectivity index (χ1n) is 9.38. The van der Waals surface area contributed by atoms with Gasteiger partial charge in [-0.05, 0) is 50.2 Å². The molecule has 1 heterocycles. The monoisotopic (exact) mass is 475 g/mol. The fourth-order valence-electron chi connectivity index (χ4n) is 3.07. The maximum Gasteiger partial charge on any atom is 0.193 e. The minimum atomic E-state index is 0. The SMILES string of the molecule is CN=C(NCCCOc1ccccc1C)N(C)CCC1CCOCC1.I. The number of aryl methyl sites for hydroxylation is 1. The average Bonchev–Trinajstić information content (AvgIpc) is 2.65. The normalized spacial score (nSPS) is 15.3. The van der Waals surface area contributed by atoms with Gasteiger partial charge >= 0.3 is 0 Å². The van der Waals surface area contributed by atoms with Crippen molar-refractivity contribution >= 4 is 29.9 Å². The standard InChI is InChI=1S/C20H33N3O2.HI/c1-17-7-4-5-8-19(17)25-14-6-12-22-20(21-2)23(3)13-9-18-10-15-24-16-11-18;/h4-5,7-8,18H,6,9-16H2,1-3H3,(H,21,22);1H. The number of ether oxygens (including phenoxy) is 2. The Morgan fingerprint density at radius 1 is 1.31 bits per heavy atom. The highest BCUT2D eigenvalue weighted by atomic mass is 127. The summed E-state index contributed by atoms with van der Waals surface area (Å²) in [5.41, 5.74) is 1.18. The van der Waals surface area contributed by atoms with Crippen molar-refractivity contribution in [2.24, 2.45) is 10.9 Å². The molecule has 0 unspecified atom stereocenters. The minimum Gasteiger partial charge on any atom is -0.493 e. The predicted octanol–water partition coefficient (Wildman–Crippen LogP) is 3.71. The number of rotatable bonds is 8. The molecule has 0 spiro atoms. The lowest BCUT2D eigenvalue weighted by Gasteiger charge is -2.26. The maximum atomic E-state index is 5.83. The highest BCUT2D eigenvalue weighted by Gasteiger charge is 2.15. The van der Waals surface area contributed by atoms with E-state index in [-0.39, 0.29) is 24.0 Å². The molecule has 1 saturated heterocycles. The number of nitrogens with one attached hydrogen (secondary N) is 1. The van der Waals surface area contributed by atoms with Gasteiger partial charge in [0.2, 0.25) is 0 Å². The molecule has 0 aliphatic carbocycles. The molecular weight excluding hydrogens is 441 g/mol. The summed E-state index contributed by atoms with van der Waals surface area (Å²) in [6.45, 7) is 6.51. The zero-order chi connectivity index (χ0) is 17.9. The lowest BCUT2D eigenvalue weighted by atomic mass is 9.96. The van der Waals surface area contributed by atoms with Crippen molar-refractivity contribution in [1.29, 1.82) is 0 Å². The van der Waals surface area contributed by atoms with Crippen molar-refractivity contribution in [3.8, 4) is 5.75 Å². The quantitative estimate of drug-likeness (QED) is 0.270. The van der Waals surface area contributed by atoms with Crippen molar-refractivity contribution in [1.82, 2.24) is 10.2 Å². The van der Waals surface area contributed by atoms with Crippen molar-refractivity contribution < 1.29 is 9.47 Å². The molecule has 1 aromatic rings. The Labute approximate surface area is 175 Å². The third-order valence-corrected chi connectivity index (χ3v) is 4.74. The van der Waals surface area contributed by atoms with Gasteiger partial charge in [0.1, 0.15) is 5.75 Å². The summed E-state index contributed by atoms with van der Waals surface area (Å²) in [4.78, 5) is 6.61. The lowest BCUT2D eigenvalue weighted by molar-refractivity contribution is 0.0625. The van der Waals surface area contributed by atoms with Crippen LogP contribution in [0.15, 0.2) is 29.3 Å². The molecule has 1 N–H and O–H groups in total. The van der Waals surface area contributed by atoms with Crippen molar-refractivity contribution in [2.45, 2.75) is 32.6 Å². The van der Waals surface area contributed by atoms with Crippen LogP contribution in [0.3, 0.4) is 0 Å². The van der Waals surface area contributed by atoms with Crippen molar-refractivity contribution in [2.75, 3.05) is 47.0 Å². The van der Waals surface area contributed by atoms with Gasteiger partial charge in [0.15, 0.2) is 5.96 Å². The van der Waals surface area contributed by atoms with Gasteiger partial charge in [0.25, 0.3) is 0 Å². The Hall–Kier alpha value is -1.02. The number of hydrogen-bond donors (Lipinski definition) is 1. The largest absolute Gasteiger partial charge is 0.493 e. The average molecular weight is 475 g/mol. The summed E-state index contributed by atoms with van der Waals surface area (Å²) in [5.74, 6) is 2.72. The first-order chi connectivity index (χ1) is 12.2. The third-order valence-electron chi connectivity index (χ3n) is 4.74. The highest BCUT2D eigenvalue weighted by molar-refractivity contribution is 14.0. The number of benzene rings is 1. The van der Waals surface area contributed by atoms with Crippen molar-refractivity contribution in [3.05, 3.63) is 29.8 Å². The summed E-state index contributed by atoms with van der Waals surface area (Å²) in [6, 6.07) is 8.13. The molecule has 148 valence electrons. The van der Waals surface area contributed by atoms with E-state index in [1.165, 1.54) is 24.8 Å². The van der Waals surface area contributed by atoms with E-state index in [1.54, 1.807) is 0 Å². The zero-order valence-corrected chi connectivity index (χ0v) is 18.7. The third kappa shape index (κ3) is 8.12. The fraction of sp³-hybridized carbons (Fsp3) is 0.650. The van der Waals surface area contributed by atoms with E-state index >= 15 is 0 Å². The molecule has 1 fully saturated rings. The van der Waals surface area contributed by atoms with Crippen LogP contribution >= 0.6 is 24.0 Å². The van der Waals surface area contributed by atoms with Gasteiger partial charge in [0, 0.05) is 40.4 Å². The van der Waals surface area contributed by atoms with Gasteiger partial charge in [-0.15, -0.1) is 24.0 Å². The minimum absolute atomic E-state index is 0. The molecule has 0 atom stereocenters. The number of guanidine groups is 1. The molecule has 1 aliphatic heterocycles. The van der Waals surface area contributed by atoms with Crippen LogP contribution in [0.5, 0.6) is 5.75 Å². The Morgan fingerprint density at radius 3 is 2.73 bits per heavy atom. The number of nitrogens with zero attached hydrogens (tertiary/aromatic N) is 2. The molecular formula is C20H34IN3O2. The molecule has 26 heavy (non-hydrogen) atoms. The number of aliphatic imine (C=N–C) groups is 1. The van der Waals surface area contributed by atoms with Crippen LogP contribution < -0.4 is 10.1 Å². The first-order valence-corrected chi connectivity index (χ1v) is 9.38. The molecule has 0 aromatic heterocycles. The summed E-state index contributed by atoms with van der Waals surface area (Å²) >= 11 is 0. The Balaban J connectivity index is 0.00000338. The predicted molar refractivity (Wildman–Crippen MR) is 119 cm³/mol. The van der Waals surface area contributed by atoms with Crippen LogP contribution in [-0.2, 0) is 4.74 Å². The smallest absolute Gasteiger partial charge is 0.193 e. The fourth-order valence-corrected chi connectivity index (χ4v) is 3.07. The van der Waals surface area contributed by atoms with Crippen LogP contribution in [0, 0.1) is 12.8 Å². The second kappa shape index (κ2) is 13.2. The van der Waals surface area contributed by atoms with Crippen LogP contribution in [0.25, 0.3) is 0 Å². The summed E-state index contributed by atoms with van der Waals surface area (Å²) in [6.07, 6.45) is 4.53. The van der Waals surface area contributed by atoms with E-state index < -0.39 is 0 Å². The Kier molecular flexibility index (Phi) is 11.7. The van der Waals surface area contributed by atoms with Gasteiger partial charge < -0.3 is 19.7 Å². The molecule has 0 radical (unpaired) electrons. The van der Waals surface area contributed by atoms with Gasteiger partial charge in [-0.2, -0.15) is 0 Å². The van der Waals surface area contributed by atoms with E-state index in [4.69, 9.17) is 9.47 Å². The summed E-state index contributed by atoms with van der Waals surface area (Å²) in [7, 11) is 3.95. The Bertz CT molecular complexity index is 534. The maximum absolute atomic E-state index is 5.83.